The van der Waals surface area contributed by atoms with Gasteiger partial charge in [0, 0.05) is 16.8 Å². The molecule has 0 unspecified atom stereocenters. The molecular formula is C18H23OP. The summed E-state index contributed by atoms with van der Waals surface area (Å²) >= 11 is 0. The molecule has 0 spiro atoms. The second-order valence-electron chi connectivity index (χ2n) is 5.89. The molecule has 2 aromatic carbocycles. The van der Waals surface area contributed by atoms with Crippen LogP contribution in [-0.4, -0.2) is 6.16 Å². The van der Waals surface area contributed by atoms with E-state index in [2.05, 4.69) is 39.8 Å². The van der Waals surface area contributed by atoms with Gasteiger partial charge in [-0.1, -0.05) is 62.4 Å². The molecule has 0 saturated carbocycles. The monoisotopic (exact) mass is 286 g/mol. The Balaban J connectivity index is 2.67. The highest BCUT2D eigenvalue weighted by atomic mass is 31.2. The second-order valence-corrected chi connectivity index (χ2v) is 8.70. The van der Waals surface area contributed by atoms with Crippen LogP contribution in [0.15, 0.2) is 48.5 Å². The van der Waals surface area contributed by atoms with E-state index < -0.39 is 7.14 Å². The Morgan fingerprint density at radius 1 is 0.850 bits per heavy atom. The maximum absolute atomic E-state index is 13.9. The lowest BCUT2D eigenvalue weighted by Gasteiger charge is -2.24. The van der Waals surface area contributed by atoms with Crippen molar-refractivity contribution in [3.63, 3.8) is 0 Å². The Morgan fingerprint density at radius 2 is 1.25 bits per heavy atom. The van der Waals surface area contributed by atoms with Gasteiger partial charge in [0.05, 0.1) is 0 Å². The largest absolute Gasteiger partial charge is 0.314 e. The molecule has 0 fully saturated rings. The predicted molar refractivity (Wildman–Crippen MR) is 88.9 cm³/mol. The van der Waals surface area contributed by atoms with Crippen LogP contribution < -0.4 is 10.6 Å². The second kappa shape index (κ2) is 5.97. The molecule has 2 heteroatoms. The Kier molecular flexibility index (Phi) is 4.50. The minimum absolute atomic E-state index is 0.403. The van der Waals surface area contributed by atoms with Gasteiger partial charge in [0.15, 0.2) is 0 Å². The summed E-state index contributed by atoms with van der Waals surface area (Å²) in [5.41, 5.74) is 2.25. The molecule has 2 rings (SSSR count). The smallest absolute Gasteiger partial charge is 0.144 e. The lowest BCUT2D eigenvalue weighted by atomic mass is 10.2. The lowest BCUT2D eigenvalue weighted by Crippen LogP contribution is -2.24. The van der Waals surface area contributed by atoms with Crippen molar-refractivity contribution in [3.05, 3.63) is 59.7 Å². The van der Waals surface area contributed by atoms with E-state index in [9.17, 15) is 4.57 Å². The number of hydrogen-bond donors (Lipinski definition) is 0. The van der Waals surface area contributed by atoms with Gasteiger partial charge in [-0.05, 0) is 30.9 Å². The van der Waals surface area contributed by atoms with Gasteiger partial charge in [-0.25, -0.2) is 0 Å². The van der Waals surface area contributed by atoms with Crippen molar-refractivity contribution in [2.75, 3.05) is 6.16 Å². The van der Waals surface area contributed by atoms with Crippen molar-refractivity contribution in [1.29, 1.82) is 0 Å². The third kappa shape index (κ3) is 2.88. The minimum atomic E-state index is -2.56. The quantitative estimate of drug-likeness (QED) is 0.767. The van der Waals surface area contributed by atoms with Gasteiger partial charge in [0.25, 0.3) is 0 Å². The molecule has 0 heterocycles. The molecule has 0 atom stereocenters. The Hall–Kier alpha value is -1.33. The Morgan fingerprint density at radius 3 is 1.60 bits per heavy atom. The molecule has 0 aliphatic rings. The van der Waals surface area contributed by atoms with Gasteiger partial charge in [-0.3, -0.25) is 0 Å². The van der Waals surface area contributed by atoms with E-state index in [4.69, 9.17) is 0 Å². The molecule has 106 valence electrons. The van der Waals surface area contributed by atoms with Crippen LogP contribution in [0.3, 0.4) is 0 Å². The van der Waals surface area contributed by atoms with Crippen LogP contribution in [0.2, 0.25) is 0 Å². The zero-order chi connectivity index (χ0) is 14.8. The number of rotatable bonds is 4. The van der Waals surface area contributed by atoms with E-state index in [1.54, 1.807) is 0 Å². The van der Waals surface area contributed by atoms with Gasteiger partial charge in [-0.15, -0.1) is 0 Å². The van der Waals surface area contributed by atoms with Gasteiger partial charge in [-0.2, -0.15) is 0 Å². The first-order valence-electron chi connectivity index (χ1n) is 7.16. The highest BCUT2D eigenvalue weighted by molar-refractivity contribution is 7.78. The van der Waals surface area contributed by atoms with Crippen molar-refractivity contribution in [2.45, 2.75) is 27.7 Å². The molecule has 0 bridgehead atoms. The first-order valence-corrected chi connectivity index (χ1v) is 9.06. The van der Waals surface area contributed by atoms with Crippen molar-refractivity contribution in [3.8, 4) is 0 Å². The Bertz CT molecular complexity index is 594. The molecule has 0 aliphatic heterocycles. The molecule has 2 aromatic rings. The van der Waals surface area contributed by atoms with Crippen molar-refractivity contribution >= 4 is 17.8 Å². The van der Waals surface area contributed by atoms with Gasteiger partial charge in [0.1, 0.15) is 7.14 Å². The zero-order valence-electron chi connectivity index (χ0n) is 12.8. The standard InChI is InChI=1S/C18H23OP/c1-14(2)13-20(19,17-11-7-5-9-15(17)3)18-12-8-6-10-16(18)4/h5-12,14H,13H2,1-4H3. The van der Waals surface area contributed by atoms with Gasteiger partial charge < -0.3 is 4.57 Å². The van der Waals surface area contributed by atoms with Crippen LogP contribution >= 0.6 is 7.14 Å². The maximum Gasteiger partial charge on any atom is 0.144 e. The summed E-state index contributed by atoms with van der Waals surface area (Å²) in [6.45, 7) is 8.40. The number of aryl methyl sites for hydroxylation is 2. The highest BCUT2D eigenvalue weighted by Gasteiger charge is 2.30. The van der Waals surface area contributed by atoms with E-state index in [0.717, 1.165) is 27.9 Å². The molecule has 0 aromatic heterocycles. The van der Waals surface area contributed by atoms with Crippen LogP contribution in [0.4, 0.5) is 0 Å². The first-order chi connectivity index (χ1) is 9.45. The lowest BCUT2D eigenvalue weighted by molar-refractivity contribution is 0.578. The van der Waals surface area contributed by atoms with E-state index in [1.165, 1.54) is 0 Å². The summed E-state index contributed by atoms with van der Waals surface area (Å²) in [6, 6.07) is 16.2. The van der Waals surface area contributed by atoms with Crippen LogP contribution in [0.1, 0.15) is 25.0 Å². The van der Waals surface area contributed by atoms with Crippen molar-refractivity contribution in [2.24, 2.45) is 5.92 Å². The third-order valence-corrected chi connectivity index (χ3v) is 7.44. The first kappa shape index (κ1) is 15.1. The van der Waals surface area contributed by atoms with Crippen molar-refractivity contribution < 1.29 is 4.57 Å². The predicted octanol–water partition coefficient (Wildman–Crippen LogP) is 4.27. The molecule has 0 saturated heterocycles. The van der Waals surface area contributed by atoms with Crippen LogP contribution in [0, 0.1) is 19.8 Å². The molecule has 1 nitrogen and oxygen atoms in total. The summed E-state index contributed by atoms with van der Waals surface area (Å²) < 4.78 is 13.9. The summed E-state index contributed by atoms with van der Waals surface area (Å²) in [5, 5.41) is 2.03. The highest BCUT2D eigenvalue weighted by Crippen LogP contribution is 2.46. The minimum Gasteiger partial charge on any atom is -0.314 e. The van der Waals surface area contributed by atoms with E-state index in [0.29, 0.717) is 5.92 Å². The van der Waals surface area contributed by atoms with Gasteiger partial charge >= 0.3 is 0 Å². The molecule has 0 amide bonds. The van der Waals surface area contributed by atoms with Crippen molar-refractivity contribution in [1.82, 2.24) is 0 Å². The fourth-order valence-corrected chi connectivity index (χ4v) is 6.40. The molecule has 0 N–H and O–H groups in total. The molecule has 0 aliphatic carbocycles. The fraction of sp³-hybridized carbons (Fsp3) is 0.333. The third-order valence-electron chi connectivity index (χ3n) is 3.63. The van der Waals surface area contributed by atoms with Crippen LogP contribution in [0.5, 0.6) is 0 Å². The summed E-state index contributed by atoms with van der Waals surface area (Å²) in [4.78, 5) is 0. The zero-order valence-corrected chi connectivity index (χ0v) is 13.7. The topological polar surface area (TPSA) is 17.1 Å². The van der Waals surface area contributed by atoms with E-state index >= 15 is 0 Å². The summed E-state index contributed by atoms with van der Waals surface area (Å²) in [7, 11) is -2.56. The summed E-state index contributed by atoms with van der Waals surface area (Å²) in [5.74, 6) is 0.403. The van der Waals surface area contributed by atoms with E-state index in [1.807, 2.05) is 36.4 Å². The average molecular weight is 286 g/mol. The van der Waals surface area contributed by atoms with E-state index in [-0.39, 0.29) is 0 Å². The molecular weight excluding hydrogens is 263 g/mol. The average Bonchev–Trinajstić information content (AvgIpc) is 2.38. The van der Waals surface area contributed by atoms with Gasteiger partial charge in [0.2, 0.25) is 0 Å². The SMILES string of the molecule is Cc1ccccc1P(=O)(CC(C)C)c1ccccc1C. The Labute approximate surface area is 122 Å². The number of hydrogen-bond acceptors (Lipinski definition) is 1. The number of benzene rings is 2. The van der Waals surface area contributed by atoms with Crippen LogP contribution in [-0.2, 0) is 4.57 Å². The van der Waals surface area contributed by atoms with Crippen LogP contribution in [0.25, 0.3) is 0 Å². The molecule has 20 heavy (non-hydrogen) atoms. The fourth-order valence-electron chi connectivity index (χ4n) is 2.78. The maximum atomic E-state index is 13.9. The summed E-state index contributed by atoms with van der Waals surface area (Å²) in [6.07, 6.45) is 0.725. The normalized spacial score (nSPS) is 11.8. The molecule has 0 radical (unpaired) electrons.